The van der Waals surface area contributed by atoms with Crippen LogP contribution >= 0.6 is 0 Å². The number of nitrogens with zero attached hydrogens (tertiary/aromatic N) is 2. The first-order valence-corrected chi connectivity index (χ1v) is 7.89. The van der Waals surface area contributed by atoms with Gasteiger partial charge < -0.3 is 5.32 Å². The predicted octanol–water partition coefficient (Wildman–Crippen LogP) is 2.09. The quantitative estimate of drug-likeness (QED) is 0.919. The monoisotopic (exact) mass is 289 g/mol. The largest absolute Gasteiger partial charge is 0.383 e. The van der Waals surface area contributed by atoms with E-state index in [0.29, 0.717) is 12.2 Å². The molecule has 0 radical (unpaired) electrons. The second-order valence-electron chi connectivity index (χ2n) is 4.56. The molecule has 0 saturated heterocycles. The molecule has 0 aliphatic carbocycles. The van der Waals surface area contributed by atoms with Crippen LogP contribution in [0.3, 0.4) is 0 Å². The number of fused-ring (bicyclic) bond motifs is 1. The second kappa shape index (κ2) is 5.13. The number of rotatable bonds is 2. The fraction of sp³-hybridized carbons (Fsp3) is 0.214. The van der Waals surface area contributed by atoms with Crippen LogP contribution in [0.4, 0.5) is 11.4 Å². The van der Waals surface area contributed by atoms with Crippen LogP contribution in [-0.4, -0.2) is 26.5 Å². The van der Waals surface area contributed by atoms with Crippen molar-refractivity contribution in [2.24, 2.45) is 0 Å². The number of hydrogen-bond donors (Lipinski definition) is 1. The number of hydrogen-bond acceptors (Lipinski definition) is 4. The molecule has 0 amide bonds. The fourth-order valence-corrected chi connectivity index (χ4v) is 3.77. The Morgan fingerprint density at radius 1 is 1.15 bits per heavy atom. The summed E-state index contributed by atoms with van der Waals surface area (Å²) in [6, 6.07) is 10.7. The maximum absolute atomic E-state index is 12.8. The lowest BCUT2D eigenvalue weighted by atomic mass is 10.2. The van der Waals surface area contributed by atoms with Crippen molar-refractivity contribution in [3.8, 4) is 0 Å². The van der Waals surface area contributed by atoms with E-state index < -0.39 is 10.0 Å². The number of aromatic nitrogens is 1. The summed E-state index contributed by atoms with van der Waals surface area (Å²) in [7, 11) is -3.57. The minimum absolute atomic E-state index is 0.219. The topological polar surface area (TPSA) is 62.3 Å². The van der Waals surface area contributed by atoms with Crippen molar-refractivity contribution in [3.05, 3.63) is 48.8 Å². The molecular weight excluding hydrogens is 274 g/mol. The minimum Gasteiger partial charge on any atom is -0.383 e. The first-order valence-electron chi connectivity index (χ1n) is 6.45. The molecule has 20 heavy (non-hydrogen) atoms. The van der Waals surface area contributed by atoms with Gasteiger partial charge in [-0.05, 0) is 30.7 Å². The molecule has 5 nitrogen and oxygen atoms in total. The molecule has 3 rings (SSSR count). The molecule has 0 bridgehead atoms. The summed E-state index contributed by atoms with van der Waals surface area (Å²) in [5, 5.41) is 3.26. The standard InChI is InChI=1S/C14H15N3O2S/c18-20(19,12-5-3-8-15-11-12)17-10-4-9-16-13-6-1-2-7-14(13)17/h1-3,5-8,11,16H,4,9-10H2. The van der Waals surface area contributed by atoms with Crippen LogP contribution in [-0.2, 0) is 10.0 Å². The van der Waals surface area contributed by atoms with E-state index in [1.54, 1.807) is 18.3 Å². The summed E-state index contributed by atoms with van der Waals surface area (Å²) in [5.74, 6) is 0. The number of nitrogens with one attached hydrogen (secondary N) is 1. The van der Waals surface area contributed by atoms with Crippen LogP contribution in [0.2, 0.25) is 0 Å². The number of anilines is 2. The molecular formula is C14H15N3O2S. The van der Waals surface area contributed by atoms with E-state index in [-0.39, 0.29) is 4.90 Å². The highest BCUT2D eigenvalue weighted by atomic mass is 32.2. The smallest absolute Gasteiger partial charge is 0.265 e. The summed E-state index contributed by atoms with van der Waals surface area (Å²) in [4.78, 5) is 4.12. The van der Waals surface area contributed by atoms with Crippen LogP contribution in [0, 0.1) is 0 Å². The Morgan fingerprint density at radius 2 is 2.00 bits per heavy atom. The van der Waals surface area contributed by atoms with Gasteiger partial charge >= 0.3 is 0 Å². The first kappa shape index (κ1) is 12.9. The molecule has 1 aromatic heterocycles. The Kier molecular flexibility index (Phi) is 3.31. The molecule has 0 atom stereocenters. The molecule has 1 aliphatic heterocycles. The SMILES string of the molecule is O=S(=O)(c1cccnc1)N1CCCNc2ccccc21. The van der Waals surface area contributed by atoms with E-state index in [0.717, 1.165) is 18.7 Å². The highest BCUT2D eigenvalue weighted by molar-refractivity contribution is 7.92. The van der Waals surface area contributed by atoms with Crippen molar-refractivity contribution in [2.45, 2.75) is 11.3 Å². The first-order chi connectivity index (χ1) is 9.69. The Bertz CT molecular complexity index is 701. The van der Waals surface area contributed by atoms with Gasteiger partial charge in [0, 0.05) is 25.5 Å². The number of para-hydroxylation sites is 2. The third-order valence-corrected chi connectivity index (χ3v) is 5.05. The highest BCUT2D eigenvalue weighted by Gasteiger charge is 2.27. The molecule has 1 aliphatic rings. The average molecular weight is 289 g/mol. The second-order valence-corrected chi connectivity index (χ2v) is 6.43. The molecule has 0 spiro atoms. The molecule has 2 heterocycles. The van der Waals surface area contributed by atoms with Gasteiger partial charge in [-0.25, -0.2) is 8.42 Å². The molecule has 1 N–H and O–H groups in total. The zero-order valence-electron chi connectivity index (χ0n) is 10.9. The van der Waals surface area contributed by atoms with Gasteiger partial charge in [0.2, 0.25) is 0 Å². The maximum atomic E-state index is 12.8. The van der Waals surface area contributed by atoms with E-state index in [4.69, 9.17) is 0 Å². The lowest BCUT2D eigenvalue weighted by Gasteiger charge is -2.23. The van der Waals surface area contributed by atoms with Crippen molar-refractivity contribution in [1.29, 1.82) is 0 Å². The van der Waals surface area contributed by atoms with Gasteiger partial charge in [0.1, 0.15) is 4.90 Å². The third-order valence-electron chi connectivity index (χ3n) is 3.25. The van der Waals surface area contributed by atoms with Crippen LogP contribution in [0.1, 0.15) is 6.42 Å². The lowest BCUT2D eigenvalue weighted by Crippen LogP contribution is -2.31. The van der Waals surface area contributed by atoms with E-state index in [1.165, 1.54) is 10.5 Å². The summed E-state index contributed by atoms with van der Waals surface area (Å²) in [5.41, 5.74) is 1.53. The van der Waals surface area contributed by atoms with Gasteiger partial charge in [0.15, 0.2) is 0 Å². The summed E-state index contributed by atoms with van der Waals surface area (Å²) in [6.45, 7) is 1.22. The number of sulfonamides is 1. The minimum atomic E-state index is -3.57. The molecule has 6 heteroatoms. The zero-order chi connectivity index (χ0) is 14.0. The highest BCUT2D eigenvalue weighted by Crippen LogP contribution is 2.32. The summed E-state index contributed by atoms with van der Waals surface area (Å²) < 4.78 is 27.0. The lowest BCUT2D eigenvalue weighted by molar-refractivity contribution is 0.590. The Hall–Kier alpha value is -2.08. The average Bonchev–Trinajstić information content (AvgIpc) is 2.71. The van der Waals surface area contributed by atoms with E-state index in [9.17, 15) is 8.42 Å². The molecule has 0 fully saturated rings. The summed E-state index contributed by atoms with van der Waals surface area (Å²) >= 11 is 0. The Morgan fingerprint density at radius 3 is 2.80 bits per heavy atom. The molecule has 0 unspecified atom stereocenters. The van der Waals surface area contributed by atoms with Crippen LogP contribution in [0.5, 0.6) is 0 Å². The third kappa shape index (κ3) is 2.22. The predicted molar refractivity (Wildman–Crippen MR) is 78.3 cm³/mol. The number of benzene rings is 1. The molecule has 104 valence electrons. The summed E-state index contributed by atoms with van der Waals surface area (Å²) in [6.07, 6.45) is 3.71. The van der Waals surface area contributed by atoms with Crippen molar-refractivity contribution in [3.63, 3.8) is 0 Å². The Labute approximate surface area is 118 Å². The Balaban J connectivity index is 2.10. The fourth-order valence-electron chi connectivity index (χ4n) is 2.28. The van der Waals surface area contributed by atoms with Gasteiger partial charge in [-0.3, -0.25) is 9.29 Å². The van der Waals surface area contributed by atoms with Crippen molar-refractivity contribution < 1.29 is 8.42 Å². The van der Waals surface area contributed by atoms with Gasteiger partial charge in [0.25, 0.3) is 10.0 Å². The van der Waals surface area contributed by atoms with Crippen LogP contribution in [0.25, 0.3) is 0 Å². The van der Waals surface area contributed by atoms with Crippen LogP contribution in [0.15, 0.2) is 53.7 Å². The van der Waals surface area contributed by atoms with Crippen molar-refractivity contribution in [1.82, 2.24) is 4.98 Å². The van der Waals surface area contributed by atoms with Gasteiger partial charge in [-0.1, -0.05) is 12.1 Å². The van der Waals surface area contributed by atoms with Crippen LogP contribution < -0.4 is 9.62 Å². The number of pyridine rings is 1. The van der Waals surface area contributed by atoms with Gasteiger partial charge in [-0.2, -0.15) is 0 Å². The van der Waals surface area contributed by atoms with Gasteiger partial charge in [-0.15, -0.1) is 0 Å². The maximum Gasteiger partial charge on any atom is 0.265 e. The van der Waals surface area contributed by atoms with E-state index in [2.05, 4.69) is 10.3 Å². The zero-order valence-corrected chi connectivity index (χ0v) is 11.7. The van der Waals surface area contributed by atoms with Gasteiger partial charge in [0.05, 0.1) is 11.4 Å². The van der Waals surface area contributed by atoms with E-state index >= 15 is 0 Å². The van der Waals surface area contributed by atoms with Crippen molar-refractivity contribution >= 4 is 21.4 Å². The molecule has 2 aromatic rings. The molecule has 1 aromatic carbocycles. The van der Waals surface area contributed by atoms with Crippen molar-refractivity contribution in [2.75, 3.05) is 22.7 Å². The molecule has 0 saturated carbocycles. The van der Waals surface area contributed by atoms with E-state index in [1.807, 2.05) is 24.3 Å². The normalized spacial score (nSPS) is 15.1.